The molecule has 0 aliphatic carbocycles. The van der Waals surface area contributed by atoms with Gasteiger partial charge in [0.1, 0.15) is 6.29 Å². The van der Waals surface area contributed by atoms with Crippen LogP contribution in [0, 0.1) is 0 Å². The number of morpholine rings is 1. The molecule has 2 heterocycles. The van der Waals surface area contributed by atoms with E-state index in [0.717, 1.165) is 12.0 Å². The van der Waals surface area contributed by atoms with Gasteiger partial charge in [0.15, 0.2) is 5.82 Å². The number of aromatic amines is 1. The topological polar surface area (TPSA) is 75.3 Å². The van der Waals surface area contributed by atoms with E-state index in [1.807, 2.05) is 4.90 Å². The number of aryl methyl sites for hydroxylation is 1. The first-order valence-electron chi connectivity index (χ1n) is 5.66. The first kappa shape index (κ1) is 11.8. The number of H-pyrrole nitrogens is 1. The summed E-state index contributed by atoms with van der Waals surface area (Å²) in [4.78, 5) is 30.8. The Kier molecular flexibility index (Phi) is 3.87. The Morgan fingerprint density at radius 1 is 1.47 bits per heavy atom. The van der Waals surface area contributed by atoms with Gasteiger partial charge in [-0.05, 0) is 6.42 Å². The smallest absolute Gasteiger partial charge is 0.290 e. The van der Waals surface area contributed by atoms with E-state index in [-0.39, 0.29) is 5.56 Å². The van der Waals surface area contributed by atoms with Gasteiger partial charge in [0.05, 0.1) is 18.9 Å². The number of hydrogen-bond acceptors (Lipinski definition) is 5. The highest BCUT2D eigenvalue weighted by Gasteiger charge is 2.16. The summed E-state index contributed by atoms with van der Waals surface area (Å²) < 4.78 is 5.23. The van der Waals surface area contributed by atoms with Crippen molar-refractivity contribution in [3.8, 4) is 0 Å². The van der Waals surface area contributed by atoms with E-state index in [1.54, 1.807) is 6.20 Å². The second kappa shape index (κ2) is 5.58. The van der Waals surface area contributed by atoms with Crippen LogP contribution in [0.3, 0.4) is 0 Å². The molecule has 17 heavy (non-hydrogen) atoms. The predicted octanol–water partition coefficient (Wildman–Crippen LogP) is -0.262. The van der Waals surface area contributed by atoms with Gasteiger partial charge in [-0.1, -0.05) is 0 Å². The van der Waals surface area contributed by atoms with E-state index in [1.165, 1.54) is 0 Å². The van der Waals surface area contributed by atoms with E-state index in [2.05, 4.69) is 9.97 Å². The second-order valence-corrected chi connectivity index (χ2v) is 3.85. The van der Waals surface area contributed by atoms with E-state index < -0.39 is 0 Å². The quantitative estimate of drug-likeness (QED) is 0.730. The molecule has 1 fully saturated rings. The van der Waals surface area contributed by atoms with Crippen molar-refractivity contribution in [2.45, 2.75) is 12.8 Å². The Morgan fingerprint density at radius 3 is 2.94 bits per heavy atom. The standard InChI is InChI=1S/C11H15N3O3/c15-5-1-2-9-8-12-11(16)10(13-9)14-3-6-17-7-4-14/h5,8H,1-4,6-7H2,(H,12,16). The highest BCUT2D eigenvalue weighted by Crippen LogP contribution is 2.08. The Labute approximate surface area is 98.6 Å². The number of nitrogens with one attached hydrogen (secondary N) is 1. The van der Waals surface area contributed by atoms with Crippen molar-refractivity contribution in [1.29, 1.82) is 0 Å². The SMILES string of the molecule is O=CCCc1c[nH]c(=O)c(N2CCOCC2)n1. The van der Waals surface area contributed by atoms with Crippen LogP contribution in [-0.4, -0.2) is 42.6 Å². The summed E-state index contributed by atoms with van der Waals surface area (Å²) in [5, 5.41) is 0. The zero-order chi connectivity index (χ0) is 12.1. The van der Waals surface area contributed by atoms with E-state index in [9.17, 15) is 9.59 Å². The van der Waals surface area contributed by atoms with Crippen LogP contribution >= 0.6 is 0 Å². The minimum absolute atomic E-state index is 0.193. The van der Waals surface area contributed by atoms with Crippen molar-refractivity contribution in [3.63, 3.8) is 0 Å². The molecule has 0 unspecified atom stereocenters. The summed E-state index contributed by atoms with van der Waals surface area (Å²) in [5.41, 5.74) is 0.542. The number of ether oxygens (including phenoxy) is 1. The van der Waals surface area contributed by atoms with Crippen LogP contribution in [0.15, 0.2) is 11.0 Å². The van der Waals surface area contributed by atoms with E-state index >= 15 is 0 Å². The number of anilines is 1. The molecule has 6 nitrogen and oxygen atoms in total. The third kappa shape index (κ3) is 2.91. The van der Waals surface area contributed by atoms with Gasteiger partial charge in [-0.3, -0.25) is 4.79 Å². The Hall–Kier alpha value is -1.69. The van der Waals surface area contributed by atoms with Crippen LogP contribution in [0.1, 0.15) is 12.1 Å². The number of aldehydes is 1. The number of carbonyl (C=O) groups is 1. The van der Waals surface area contributed by atoms with Gasteiger partial charge < -0.3 is 19.4 Å². The van der Waals surface area contributed by atoms with Gasteiger partial charge >= 0.3 is 0 Å². The minimum Gasteiger partial charge on any atom is -0.378 e. The summed E-state index contributed by atoms with van der Waals surface area (Å²) in [6.07, 6.45) is 3.39. The van der Waals surface area contributed by atoms with Gasteiger partial charge in [-0.15, -0.1) is 0 Å². The lowest BCUT2D eigenvalue weighted by molar-refractivity contribution is -0.107. The van der Waals surface area contributed by atoms with Crippen LogP contribution in [0.5, 0.6) is 0 Å². The number of hydrogen-bond donors (Lipinski definition) is 1. The number of carbonyl (C=O) groups excluding carboxylic acids is 1. The number of rotatable bonds is 4. The molecule has 0 spiro atoms. The maximum Gasteiger partial charge on any atom is 0.290 e. The Morgan fingerprint density at radius 2 is 2.24 bits per heavy atom. The average molecular weight is 237 g/mol. The van der Waals surface area contributed by atoms with Gasteiger partial charge in [-0.2, -0.15) is 0 Å². The van der Waals surface area contributed by atoms with Crippen molar-refractivity contribution in [2.75, 3.05) is 31.2 Å². The molecule has 0 aromatic carbocycles. The fourth-order valence-corrected chi connectivity index (χ4v) is 1.76. The molecule has 1 aliphatic heterocycles. The molecule has 1 N–H and O–H groups in total. The first-order chi connectivity index (χ1) is 8.31. The Balaban J connectivity index is 2.18. The van der Waals surface area contributed by atoms with Crippen LogP contribution in [-0.2, 0) is 16.0 Å². The monoisotopic (exact) mass is 237 g/mol. The molecule has 0 bridgehead atoms. The third-order valence-corrected chi connectivity index (χ3v) is 2.65. The zero-order valence-electron chi connectivity index (χ0n) is 9.52. The second-order valence-electron chi connectivity index (χ2n) is 3.85. The highest BCUT2D eigenvalue weighted by molar-refractivity contribution is 5.49. The fraction of sp³-hybridized carbons (Fsp3) is 0.545. The number of nitrogens with zero attached hydrogens (tertiary/aromatic N) is 2. The van der Waals surface area contributed by atoms with Crippen LogP contribution in [0.25, 0.3) is 0 Å². The predicted molar refractivity (Wildman–Crippen MR) is 62.3 cm³/mol. The normalized spacial score (nSPS) is 15.9. The molecule has 0 saturated carbocycles. The molecule has 1 aromatic rings. The van der Waals surface area contributed by atoms with E-state index in [0.29, 0.717) is 45.0 Å². The van der Waals surface area contributed by atoms with Crippen LogP contribution in [0.4, 0.5) is 5.82 Å². The zero-order valence-corrected chi connectivity index (χ0v) is 9.52. The van der Waals surface area contributed by atoms with Gasteiger partial charge in [0.2, 0.25) is 0 Å². The largest absolute Gasteiger partial charge is 0.378 e. The maximum absolute atomic E-state index is 11.7. The molecule has 2 rings (SSSR count). The fourth-order valence-electron chi connectivity index (χ4n) is 1.76. The van der Waals surface area contributed by atoms with Crippen molar-refractivity contribution >= 4 is 12.1 Å². The summed E-state index contributed by atoms with van der Waals surface area (Å²) in [6.45, 7) is 2.57. The highest BCUT2D eigenvalue weighted by atomic mass is 16.5. The van der Waals surface area contributed by atoms with Crippen molar-refractivity contribution in [1.82, 2.24) is 9.97 Å². The van der Waals surface area contributed by atoms with Crippen molar-refractivity contribution in [2.24, 2.45) is 0 Å². The molecule has 6 heteroatoms. The summed E-state index contributed by atoms with van der Waals surface area (Å²) in [6, 6.07) is 0. The van der Waals surface area contributed by atoms with Crippen molar-refractivity contribution < 1.29 is 9.53 Å². The summed E-state index contributed by atoms with van der Waals surface area (Å²) in [5.74, 6) is 0.427. The molecular weight excluding hydrogens is 222 g/mol. The lowest BCUT2D eigenvalue weighted by Crippen LogP contribution is -2.40. The first-order valence-corrected chi connectivity index (χ1v) is 5.66. The maximum atomic E-state index is 11.7. The molecule has 1 aliphatic rings. The van der Waals surface area contributed by atoms with Gasteiger partial charge in [0.25, 0.3) is 5.56 Å². The molecule has 0 amide bonds. The molecule has 1 saturated heterocycles. The van der Waals surface area contributed by atoms with Crippen LogP contribution < -0.4 is 10.5 Å². The lowest BCUT2D eigenvalue weighted by atomic mass is 10.2. The molecule has 0 atom stereocenters. The van der Waals surface area contributed by atoms with Crippen molar-refractivity contribution in [3.05, 3.63) is 22.2 Å². The lowest BCUT2D eigenvalue weighted by Gasteiger charge is -2.27. The average Bonchev–Trinajstić information content (AvgIpc) is 2.39. The molecule has 92 valence electrons. The summed E-state index contributed by atoms with van der Waals surface area (Å²) >= 11 is 0. The Bertz CT molecular complexity index is 438. The molecule has 1 aromatic heterocycles. The minimum atomic E-state index is -0.193. The van der Waals surface area contributed by atoms with Gasteiger partial charge in [-0.25, -0.2) is 4.98 Å². The number of aromatic nitrogens is 2. The van der Waals surface area contributed by atoms with Crippen LogP contribution in [0.2, 0.25) is 0 Å². The van der Waals surface area contributed by atoms with E-state index in [4.69, 9.17) is 4.74 Å². The summed E-state index contributed by atoms with van der Waals surface area (Å²) in [7, 11) is 0. The van der Waals surface area contributed by atoms with Gasteiger partial charge in [0, 0.05) is 25.7 Å². The molecular formula is C11H15N3O3. The molecule has 0 radical (unpaired) electrons. The third-order valence-electron chi connectivity index (χ3n) is 2.65.